The Balaban J connectivity index is 2.32. The molecule has 0 aromatic heterocycles. The summed E-state index contributed by atoms with van der Waals surface area (Å²) in [4.78, 5) is 11.6. The van der Waals surface area contributed by atoms with Gasteiger partial charge >= 0.3 is 6.03 Å². The van der Waals surface area contributed by atoms with E-state index in [0.29, 0.717) is 36.4 Å². The number of carbonyl (C=O) groups is 1. The molecule has 2 amide bonds. The molecule has 1 aromatic rings. The molecule has 6 heteroatoms. The Kier molecular flexibility index (Phi) is 7.33. The summed E-state index contributed by atoms with van der Waals surface area (Å²) in [7, 11) is 0. The summed E-state index contributed by atoms with van der Waals surface area (Å²) in [6.45, 7) is 2.28. The van der Waals surface area contributed by atoms with Gasteiger partial charge in [0.15, 0.2) is 0 Å². The van der Waals surface area contributed by atoms with Crippen LogP contribution >= 0.6 is 11.6 Å². The lowest BCUT2D eigenvalue weighted by molar-refractivity contribution is 0.234. The Bertz CT molecular complexity index is 423. The number of benzene rings is 1. The maximum absolute atomic E-state index is 13.5. The first-order valence-corrected chi connectivity index (χ1v) is 7.00. The lowest BCUT2D eigenvalue weighted by Crippen LogP contribution is -2.41. The van der Waals surface area contributed by atoms with Gasteiger partial charge in [-0.2, -0.15) is 0 Å². The van der Waals surface area contributed by atoms with Gasteiger partial charge in [-0.15, -0.1) is 0 Å². The van der Waals surface area contributed by atoms with Crippen molar-refractivity contribution >= 4 is 17.6 Å². The molecule has 3 N–H and O–H groups in total. The first kappa shape index (κ1) is 16.7. The maximum Gasteiger partial charge on any atom is 0.315 e. The van der Waals surface area contributed by atoms with E-state index in [1.165, 1.54) is 6.07 Å². The number of halogens is 2. The molecule has 0 fully saturated rings. The van der Waals surface area contributed by atoms with Gasteiger partial charge in [0.05, 0.1) is 0 Å². The van der Waals surface area contributed by atoms with Gasteiger partial charge in [0.25, 0.3) is 0 Å². The number of hydrogen-bond acceptors (Lipinski definition) is 2. The van der Waals surface area contributed by atoms with Crippen LogP contribution in [-0.2, 0) is 6.42 Å². The SMILES string of the molecule is CC(CCCO)NC(=O)NCCc1c(F)cccc1Cl. The summed E-state index contributed by atoms with van der Waals surface area (Å²) in [5.41, 5.74) is 0.405. The molecule has 1 atom stereocenters. The van der Waals surface area contributed by atoms with Crippen molar-refractivity contribution in [2.75, 3.05) is 13.2 Å². The molecule has 1 aromatic carbocycles. The van der Waals surface area contributed by atoms with E-state index in [1.54, 1.807) is 12.1 Å². The molecule has 0 heterocycles. The third kappa shape index (κ3) is 5.75. The van der Waals surface area contributed by atoms with Gasteiger partial charge in [-0.3, -0.25) is 0 Å². The largest absolute Gasteiger partial charge is 0.396 e. The monoisotopic (exact) mass is 302 g/mol. The number of nitrogens with one attached hydrogen (secondary N) is 2. The topological polar surface area (TPSA) is 61.4 Å². The summed E-state index contributed by atoms with van der Waals surface area (Å²) >= 11 is 5.89. The molecule has 1 rings (SSSR count). The predicted octanol–water partition coefficient (Wildman–Crippen LogP) is 2.48. The van der Waals surface area contributed by atoms with Crippen molar-refractivity contribution in [3.63, 3.8) is 0 Å². The molecule has 1 unspecified atom stereocenters. The molecule has 20 heavy (non-hydrogen) atoms. The Labute approximate surface area is 123 Å². The van der Waals surface area contributed by atoms with Crippen LogP contribution in [-0.4, -0.2) is 30.3 Å². The second kappa shape index (κ2) is 8.76. The average molecular weight is 303 g/mol. The van der Waals surface area contributed by atoms with Gasteiger partial charge in [0, 0.05) is 29.8 Å². The minimum absolute atomic E-state index is 0.0146. The van der Waals surface area contributed by atoms with Crippen LogP contribution in [0.4, 0.5) is 9.18 Å². The Hall–Kier alpha value is -1.33. The smallest absolute Gasteiger partial charge is 0.315 e. The molecule has 0 aliphatic carbocycles. The van der Waals surface area contributed by atoms with Crippen LogP contribution in [0.15, 0.2) is 18.2 Å². The molecule has 0 spiro atoms. The number of rotatable bonds is 7. The first-order chi connectivity index (χ1) is 9.54. The highest BCUT2D eigenvalue weighted by molar-refractivity contribution is 6.31. The second-order valence-electron chi connectivity index (χ2n) is 4.62. The fourth-order valence-corrected chi connectivity index (χ4v) is 2.07. The zero-order valence-corrected chi connectivity index (χ0v) is 12.2. The molecule has 0 aliphatic heterocycles. The highest BCUT2D eigenvalue weighted by atomic mass is 35.5. The molecule has 0 bridgehead atoms. The minimum atomic E-state index is -0.365. The van der Waals surface area contributed by atoms with Crippen molar-refractivity contribution < 1.29 is 14.3 Å². The summed E-state index contributed by atoms with van der Waals surface area (Å²) in [5.74, 6) is -0.365. The normalized spacial score (nSPS) is 12.0. The van der Waals surface area contributed by atoms with Crippen LogP contribution < -0.4 is 10.6 Å². The van der Waals surface area contributed by atoms with Crippen molar-refractivity contribution in [3.8, 4) is 0 Å². The molecular weight excluding hydrogens is 283 g/mol. The Morgan fingerprint density at radius 3 is 2.90 bits per heavy atom. The molecule has 0 saturated heterocycles. The van der Waals surface area contributed by atoms with Gasteiger partial charge in [0.1, 0.15) is 5.82 Å². The van der Waals surface area contributed by atoms with E-state index >= 15 is 0 Å². The molecule has 0 saturated carbocycles. The van der Waals surface area contributed by atoms with E-state index in [2.05, 4.69) is 10.6 Å². The van der Waals surface area contributed by atoms with Gasteiger partial charge in [-0.1, -0.05) is 17.7 Å². The van der Waals surface area contributed by atoms with Crippen LogP contribution in [0.25, 0.3) is 0 Å². The fraction of sp³-hybridized carbons (Fsp3) is 0.500. The number of amides is 2. The highest BCUT2D eigenvalue weighted by Crippen LogP contribution is 2.18. The van der Waals surface area contributed by atoms with Crippen molar-refractivity contribution in [2.24, 2.45) is 0 Å². The van der Waals surface area contributed by atoms with E-state index in [1.807, 2.05) is 6.92 Å². The van der Waals surface area contributed by atoms with E-state index in [-0.39, 0.29) is 24.5 Å². The highest BCUT2D eigenvalue weighted by Gasteiger charge is 2.09. The number of carbonyl (C=O) groups excluding carboxylic acids is 1. The third-order valence-electron chi connectivity index (χ3n) is 2.89. The quantitative estimate of drug-likeness (QED) is 0.724. The van der Waals surface area contributed by atoms with Gasteiger partial charge in [-0.25, -0.2) is 9.18 Å². The second-order valence-corrected chi connectivity index (χ2v) is 5.02. The van der Waals surface area contributed by atoms with Crippen LogP contribution in [0.5, 0.6) is 0 Å². The van der Waals surface area contributed by atoms with Crippen molar-refractivity contribution in [1.82, 2.24) is 10.6 Å². The zero-order chi connectivity index (χ0) is 15.0. The molecule has 4 nitrogen and oxygen atoms in total. The lowest BCUT2D eigenvalue weighted by Gasteiger charge is -2.14. The number of hydrogen-bond donors (Lipinski definition) is 3. The van der Waals surface area contributed by atoms with Crippen LogP contribution in [0.2, 0.25) is 5.02 Å². The molecule has 112 valence electrons. The van der Waals surface area contributed by atoms with Gasteiger partial charge in [0.2, 0.25) is 0 Å². The summed E-state index contributed by atoms with van der Waals surface area (Å²) in [6.07, 6.45) is 1.69. The maximum atomic E-state index is 13.5. The predicted molar refractivity (Wildman–Crippen MR) is 77.4 cm³/mol. The third-order valence-corrected chi connectivity index (χ3v) is 3.25. The van der Waals surface area contributed by atoms with Crippen LogP contribution in [0, 0.1) is 5.82 Å². The molecular formula is C14H20ClFN2O2. The number of aliphatic hydroxyl groups excluding tert-OH is 1. The van der Waals surface area contributed by atoms with E-state index in [4.69, 9.17) is 16.7 Å². The van der Waals surface area contributed by atoms with Crippen LogP contribution in [0.3, 0.4) is 0 Å². The van der Waals surface area contributed by atoms with Crippen molar-refractivity contribution in [3.05, 3.63) is 34.6 Å². The summed E-state index contributed by atoms with van der Waals surface area (Å²) in [6, 6.07) is 4.20. The van der Waals surface area contributed by atoms with E-state index in [0.717, 1.165) is 0 Å². The first-order valence-electron chi connectivity index (χ1n) is 6.62. The van der Waals surface area contributed by atoms with Crippen molar-refractivity contribution in [1.29, 1.82) is 0 Å². The Morgan fingerprint density at radius 2 is 2.25 bits per heavy atom. The van der Waals surface area contributed by atoms with Crippen LogP contribution in [0.1, 0.15) is 25.3 Å². The standard InChI is InChI=1S/C14H20ClFN2O2/c1-10(4-3-9-19)18-14(20)17-8-7-11-12(15)5-2-6-13(11)16/h2,5-6,10,19H,3-4,7-9H2,1H3,(H2,17,18,20). The lowest BCUT2D eigenvalue weighted by atomic mass is 10.1. The fourth-order valence-electron chi connectivity index (χ4n) is 1.82. The zero-order valence-electron chi connectivity index (χ0n) is 11.5. The molecule has 0 aliphatic rings. The van der Waals surface area contributed by atoms with Gasteiger partial charge in [-0.05, 0) is 38.3 Å². The van der Waals surface area contributed by atoms with Crippen molar-refractivity contribution in [2.45, 2.75) is 32.2 Å². The number of aliphatic hydroxyl groups is 1. The van der Waals surface area contributed by atoms with Gasteiger partial charge < -0.3 is 15.7 Å². The molecule has 0 radical (unpaired) electrons. The Morgan fingerprint density at radius 1 is 1.50 bits per heavy atom. The minimum Gasteiger partial charge on any atom is -0.396 e. The number of urea groups is 1. The van der Waals surface area contributed by atoms with E-state index < -0.39 is 0 Å². The van der Waals surface area contributed by atoms with E-state index in [9.17, 15) is 9.18 Å². The summed E-state index contributed by atoms with van der Waals surface area (Å²) in [5, 5.41) is 14.5. The summed E-state index contributed by atoms with van der Waals surface area (Å²) < 4.78 is 13.5. The average Bonchev–Trinajstić information content (AvgIpc) is 2.39.